The zero-order valence-corrected chi connectivity index (χ0v) is 37.8. The van der Waals surface area contributed by atoms with E-state index in [-0.39, 0.29) is 44.3 Å². The van der Waals surface area contributed by atoms with Crippen molar-refractivity contribution in [3.8, 4) is 0 Å². The number of aliphatic carboxylic acids is 2. The summed E-state index contributed by atoms with van der Waals surface area (Å²) in [6, 6.07) is 10.2. The van der Waals surface area contributed by atoms with Crippen LogP contribution in [0.1, 0.15) is 54.6 Å². The van der Waals surface area contributed by atoms with Crippen LogP contribution in [0.5, 0.6) is 0 Å². The van der Waals surface area contributed by atoms with Gasteiger partial charge in [0.15, 0.2) is 0 Å². The number of nitrogens with zero attached hydrogens (tertiary/aromatic N) is 6. The molecule has 3 aromatic rings. The average molecular weight is 929 g/mol. The first-order valence-electron chi connectivity index (χ1n) is 22.6. The number of carbonyl (C=O) groups excluding carboxylic acids is 6. The van der Waals surface area contributed by atoms with Gasteiger partial charge in [-0.3, -0.25) is 63.1 Å². The van der Waals surface area contributed by atoms with Gasteiger partial charge in [-0.25, -0.2) is 0 Å². The number of H-pyrrole nitrogens is 1. The van der Waals surface area contributed by atoms with Crippen molar-refractivity contribution in [3.05, 3.63) is 76.6 Å². The van der Waals surface area contributed by atoms with E-state index in [1.54, 1.807) is 35.1 Å². The van der Waals surface area contributed by atoms with Crippen molar-refractivity contribution < 1.29 is 48.6 Å². The molecule has 3 aliphatic rings. The topological polar surface area (TPSA) is 292 Å². The fourth-order valence-corrected chi connectivity index (χ4v) is 8.50. The molecule has 8 N–H and O–H groups in total. The molecule has 0 unspecified atom stereocenters. The standard InChI is InChI=1S/C45H60N12O10/c1-3-28(2)41(44(66)50-34-12-11-31-5-4-6-32-20-35(57(42(31)32)45(34)67)43(65)48-21-33-22-49-53-52-33)51-38(60)24-47-37(59)23-46-36(58)19-29-7-9-30(10-8-29)25-54-13-15-55(26-39(61)62)17-18-56(16-14-54)27-40(63)64/h4-10,22,28,34-35,41H,3,11-21,23-27H2,1-2H3,(H,46,58)(H,47,59)(H,48,65)(H,50,66)(H,51,60)(H,61,62)(H,63,64)(H,49,52,53)/t28-,34-,35-,41-/m0/s1. The Morgan fingerprint density at radius 1 is 0.791 bits per heavy atom. The number of nitrogens with one attached hydrogen (secondary N) is 6. The summed E-state index contributed by atoms with van der Waals surface area (Å²) < 4.78 is 0. The molecular formula is C45H60N12O10. The number of anilines is 1. The Hall–Kier alpha value is -6.78. The van der Waals surface area contributed by atoms with Gasteiger partial charge in [-0.15, -0.1) is 5.10 Å². The quantitative estimate of drug-likeness (QED) is 0.0634. The SMILES string of the molecule is CC[C@H](C)[C@H](NC(=O)CNC(=O)CNC(=O)Cc1ccc(CN2CCN(CC(=O)O)CCN(CC(=O)O)CC2)cc1)C(=O)N[C@H]1CCc2cccc3c2N(C1=O)[C@H](C(=O)NCc1c[nH]nn1)C3. The Kier molecular flexibility index (Phi) is 17.5. The lowest BCUT2D eigenvalue weighted by atomic mass is 9.97. The summed E-state index contributed by atoms with van der Waals surface area (Å²) in [6.45, 7) is 6.26. The number of hydrogen-bond acceptors (Lipinski definition) is 13. The zero-order chi connectivity index (χ0) is 48.0. The lowest BCUT2D eigenvalue weighted by Gasteiger charge is -2.30. The number of aryl methyl sites for hydroxylation is 1. The average Bonchev–Trinajstić information content (AvgIpc) is 3.96. The van der Waals surface area contributed by atoms with E-state index in [0.29, 0.717) is 82.0 Å². The number of carbonyl (C=O) groups is 8. The summed E-state index contributed by atoms with van der Waals surface area (Å²) in [5, 5.41) is 42.2. The van der Waals surface area contributed by atoms with E-state index in [4.69, 9.17) is 0 Å². The van der Waals surface area contributed by atoms with E-state index in [9.17, 15) is 48.6 Å². The lowest BCUT2D eigenvalue weighted by molar-refractivity contribution is -0.140. The number of hydrogen-bond donors (Lipinski definition) is 8. The molecule has 3 aliphatic heterocycles. The first-order chi connectivity index (χ1) is 32.2. The Morgan fingerprint density at radius 2 is 1.40 bits per heavy atom. The Morgan fingerprint density at radius 3 is 2.03 bits per heavy atom. The van der Waals surface area contributed by atoms with Crippen molar-refractivity contribution in [2.45, 2.75) is 77.2 Å². The summed E-state index contributed by atoms with van der Waals surface area (Å²) in [7, 11) is 0. The second kappa shape index (κ2) is 23.6. The molecule has 1 saturated heterocycles. The van der Waals surface area contributed by atoms with Crippen LogP contribution in [0.4, 0.5) is 5.69 Å². The lowest BCUT2D eigenvalue weighted by Crippen LogP contribution is -2.58. The van der Waals surface area contributed by atoms with Gasteiger partial charge in [0.05, 0.1) is 44.8 Å². The first kappa shape index (κ1) is 49.6. The van der Waals surface area contributed by atoms with Gasteiger partial charge in [0.1, 0.15) is 23.8 Å². The number of para-hydroxylation sites is 1. The molecule has 4 heterocycles. The molecular weight excluding hydrogens is 869 g/mol. The van der Waals surface area contributed by atoms with Crippen LogP contribution in [-0.2, 0) is 70.7 Å². The van der Waals surface area contributed by atoms with Crippen LogP contribution in [-0.4, -0.2) is 171 Å². The van der Waals surface area contributed by atoms with E-state index in [0.717, 1.165) is 16.7 Å². The van der Waals surface area contributed by atoms with Crippen molar-refractivity contribution >= 4 is 53.1 Å². The number of rotatable bonds is 20. The Bertz CT molecular complexity index is 2230. The van der Waals surface area contributed by atoms with Crippen LogP contribution in [0, 0.1) is 5.92 Å². The van der Waals surface area contributed by atoms with Crippen LogP contribution in [0.3, 0.4) is 0 Å². The van der Waals surface area contributed by atoms with Gasteiger partial charge in [0.25, 0.3) is 0 Å². The number of aromatic nitrogens is 3. The maximum absolute atomic E-state index is 14.2. The highest BCUT2D eigenvalue weighted by Crippen LogP contribution is 2.39. The molecule has 67 heavy (non-hydrogen) atoms. The van der Waals surface area contributed by atoms with Crippen LogP contribution in [0.2, 0.25) is 0 Å². The summed E-state index contributed by atoms with van der Waals surface area (Å²) >= 11 is 0. The molecule has 0 saturated carbocycles. The summed E-state index contributed by atoms with van der Waals surface area (Å²) in [6.07, 6.45) is 3.10. The van der Waals surface area contributed by atoms with Crippen molar-refractivity contribution in [3.63, 3.8) is 0 Å². The minimum atomic E-state index is -1.04. The number of amides is 6. The fraction of sp³-hybridized carbons (Fsp3) is 0.511. The Balaban J connectivity index is 0.953. The largest absolute Gasteiger partial charge is 0.480 e. The summed E-state index contributed by atoms with van der Waals surface area (Å²) in [5.41, 5.74) is 4.59. The molecule has 6 amide bonds. The highest BCUT2D eigenvalue weighted by atomic mass is 16.4. The minimum absolute atomic E-state index is 0.0100. The smallest absolute Gasteiger partial charge is 0.317 e. The molecule has 2 aromatic carbocycles. The molecule has 1 aromatic heterocycles. The minimum Gasteiger partial charge on any atom is -0.480 e. The number of carboxylic acid groups (broad SMARTS) is 2. The summed E-state index contributed by atoms with van der Waals surface area (Å²) in [4.78, 5) is 110. The predicted octanol–water partition coefficient (Wildman–Crippen LogP) is -1.60. The number of carboxylic acids is 2. The Labute approximate surface area is 387 Å². The van der Waals surface area contributed by atoms with Gasteiger partial charge >= 0.3 is 11.9 Å². The van der Waals surface area contributed by atoms with E-state index in [1.165, 1.54) is 4.90 Å². The molecule has 0 bridgehead atoms. The molecule has 4 atom stereocenters. The fourth-order valence-electron chi connectivity index (χ4n) is 8.50. The van der Waals surface area contributed by atoms with Crippen LogP contribution < -0.4 is 31.5 Å². The molecule has 6 rings (SSSR count). The third kappa shape index (κ3) is 14.1. The van der Waals surface area contributed by atoms with Gasteiger partial charge in [-0.05, 0) is 41.0 Å². The van der Waals surface area contributed by atoms with Crippen molar-refractivity contribution in [1.82, 2.24) is 56.7 Å². The monoisotopic (exact) mass is 928 g/mol. The second-order valence-electron chi connectivity index (χ2n) is 17.2. The predicted molar refractivity (Wildman–Crippen MR) is 241 cm³/mol. The van der Waals surface area contributed by atoms with Gasteiger partial charge in [0.2, 0.25) is 35.4 Å². The zero-order valence-electron chi connectivity index (χ0n) is 37.8. The first-order valence-corrected chi connectivity index (χ1v) is 22.6. The van der Waals surface area contributed by atoms with Crippen LogP contribution in [0.15, 0.2) is 48.7 Å². The van der Waals surface area contributed by atoms with E-state index in [2.05, 4.69) is 46.9 Å². The van der Waals surface area contributed by atoms with E-state index in [1.807, 2.05) is 37.3 Å². The van der Waals surface area contributed by atoms with Crippen molar-refractivity contribution in [2.75, 3.05) is 70.3 Å². The van der Waals surface area contributed by atoms with Crippen molar-refractivity contribution in [2.24, 2.45) is 5.92 Å². The highest BCUT2D eigenvalue weighted by Gasteiger charge is 2.44. The summed E-state index contributed by atoms with van der Waals surface area (Å²) in [5.74, 6) is -5.31. The molecule has 22 heteroatoms. The highest BCUT2D eigenvalue weighted by molar-refractivity contribution is 6.08. The molecule has 22 nitrogen and oxygen atoms in total. The van der Waals surface area contributed by atoms with Gasteiger partial charge in [-0.1, -0.05) is 67.9 Å². The van der Waals surface area contributed by atoms with Crippen molar-refractivity contribution in [1.29, 1.82) is 0 Å². The second-order valence-corrected chi connectivity index (χ2v) is 17.2. The van der Waals surface area contributed by atoms with Crippen LogP contribution >= 0.6 is 0 Å². The van der Waals surface area contributed by atoms with Gasteiger partial charge in [-0.2, -0.15) is 0 Å². The maximum Gasteiger partial charge on any atom is 0.317 e. The van der Waals surface area contributed by atoms with Crippen LogP contribution in [0.25, 0.3) is 0 Å². The molecule has 360 valence electrons. The normalized spacial score (nSPS) is 18.8. The van der Waals surface area contributed by atoms with E-state index >= 15 is 0 Å². The number of aromatic amines is 1. The molecule has 0 spiro atoms. The van der Waals surface area contributed by atoms with Gasteiger partial charge < -0.3 is 36.8 Å². The maximum atomic E-state index is 14.2. The van der Waals surface area contributed by atoms with Gasteiger partial charge in [0, 0.05) is 58.4 Å². The van der Waals surface area contributed by atoms with E-state index < -0.39 is 72.7 Å². The molecule has 0 aliphatic carbocycles. The molecule has 0 radical (unpaired) electrons. The molecule has 1 fully saturated rings. The third-order valence-corrected chi connectivity index (χ3v) is 12.4. The number of benzene rings is 2. The third-order valence-electron chi connectivity index (χ3n) is 12.4.